The fraction of sp³-hybridized carbons (Fsp3) is 0.714. The Morgan fingerprint density at radius 1 is 1.31 bits per heavy atom. The van der Waals surface area contributed by atoms with Crippen LogP contribution in [0.4, 0.5) is 0 Å². The zero-order valence-corrected chi connectivity index (χ0v) is 11.3. The van der Waals surface area contributed by atoms with Crippen LogP contribution in [-0.2, 0) is 4.74 Å². The molecule has 0 unspecified atom stereocenters. The Bertz CT molecular complexity index is 221. The molecule has 2 heteroatoms. The predicted molar refractivity (Wildman–Crippen MR) is 71.2 cm³/mol. The van der Waals surface area contributed by atoms with Gasteiger partial charge in [-0.15, -0.1) is 0 Å². The molecule has 0 aromatic heterocycles. The Balaban J connectivity index is 3.98. The van der Waals surface area contributed by atoms with E-state index in [0.29, 0.717) is 11.8 Å². The summed E-state index contributed by atoms with van der Waals surface area (Å²) in [5.41, 5.74) is 1.13. The van der Waals surface area contributed by atoms with Crippen molar-refractivity contribution in [1.29, 1.82) is 0 Å². The molecule has 0 spiro atoms. The molecule has 0 radical (unpaired) electrons. The summed E-state index contributed by atoms with van der Waals surface area (Å²) in [6, 6.07) is 0.272. The average molecular weight is 225 g/mol. The summed E-state index contributed by atoms with van der Waals surface area (Å²) in [5.74, 6) is 1.31. The van der Waals surface area contributed by atoms with Crippen LogP contribution < -0.4 is 5.32 Å². The van der Waals surface area contributed by atoms with Crippen LogP contribution in [0.1, 0.15) is 47.0 Å². The number of rotatable bonds is 9. The van der Waals surface area contributed by atoms with Gasteiger partial charge in [0.2, 0.25) is 0 Å². The molecule has 0 aliphatic heterocycles. The van der Waals surface area contributed by atoms with Gasteiger partial charge >= 0.3 is 0 Å². The fourth-order valence-corrected chi connectivity index (χ4v) is 1.43. The fourth-order valence-electron chi connectivity index (χ4n) is 1.43. The Hall–Kier alpha value is -0.920. The molecule has 2 nitrogen and oxygen atoms in total. The second-order valence-electron chi connectivity index (χ2n) is 4.80. The molecule has 94 valence electrons. The Morgan fingerprint density at radius 3 is 2.38 bits per heavy atom. The lowest BCUT2D eigenvalue weighted by Crippen LogP contribution is -2.31. The van der Waals surface area contributed by atoms with Gasteiger partial charge in [0.05, 0.1) is 6.61 Å². The molecule has 0 bridgehead atoms. The second kappa shape index (κ2) is 8.26. The Morgan fingerprint density at radius 2 is 1.94 bits per heavy atom. The minimum absolute atomic E-state index is 0.272. The zero-order valence-electron chi connectivity index (χ0n) is 11.3. The van der Waals surface area contributed by atoms with E-state index in [2.05, 4.69) is 39.2 Å². The first kappa shape index (κ1) is 15.1. The van der Waals surface area contributed by atoms with Crippen LogP contribution in [0.3, 0.4) is 0 Å². The highest BCUT2D eigenvalue weighted by Crippen LogP contribution is 2.12. The number of hydrogen-bond donors (Lipinski definition) is 1. The van der Waals surface area contributed by atoms with Crippen LogP contribution in [-0.4, -0.2) is 12.6 Å². The maximum Gasteiger partial charge on any atom is 0.179 e. The maximum absolute atomic E-state index is 5.50. The molecule has 1 N–H and O–H groups in total. The van der Waals surface area contributed by atoms with Crippen molar-refractivity contribution in [2.24, 2.45) is 5.92 Å². The number of unbranched alkanes of at least 4 members (excludes halogenated alkanes) is 1. The van der Waals surface area contributed by atoms with E-state index in [1.807, 2.05) is 6.92 Å². The molecule has 16 heavy (non-hydrogen) atoms. The highest BCUT2D eigenvalue weighted by molar-refractivity contribution is 5.05. The van der Waals surface area contributed by atoms with Crippen molar-refractivity contribution in [3.05, 3.63) is 24.6 Å². The molecule has 0 aliphatic carbocycles. The van der Waals surface area contributed by atoms with Gasteiger partial charge < -0.3 is 10.1 Å². The third kappa shape index (κ3) is 7.38. The molecule has 0 saturated heterocycles. The normalized spacial score (nSPS) is 12.3. The molecular weight excluding hydrogens is 198 g/mol. The zero-order chi connectivity index (χ0) is 12.6. The SMILES string of the molecule is C=C(N[C@@H](CC(C)C)C(=C)C)OCCCC. The lowest BCUT2D eigenvalue weighted by molar-refractivity contribution is 0.181. The van der Waals surface area contributed by atoms with Gasteiger partial charge in [-0.25, -0.2) is 0 Å². The minimum Gasteiger partial charge on any atom is -0.480 e. The third-order valence-corrected chi connectivity index (χ3v) is 2.41. The van der Waals surface area contributed by atoms with Gasteiger partial charge in [-0.2, -0.15) is 0 Å². The lowest BCUT2D eigenvalue weighted by atomic mass is 9.99. The Kier molecular flexibility index (Phi) is 7.78. The molecule has 0 saturated carbocycles. The number of hydrogen-bond acceptors (Lipinski definition) is 2. The largest absolute Gasteiger partial charge is 0.480 e. The highest BCUT2D eigenvalue weighted by Gasteiger charge is 2.12. The average Bonchev–Trinajstić information content (AvgIpc) is 2.16. The molecule has 0 aromatic carbocycles. The first-order valence-electron chi connectivity index (χ1n) is 6.21. The standard InChI is InChI=1S/C14H27NO/c1-7-8-9-16-13(6)15-14(12(4)5)10-11(2)3/h11,14-15H,4,6-10H2,1-3,5H3/t14-/m0/s1. The van der Waals surface area contributed by atoms with E-state index in [0.717, 1.165) is 31.4 Å². The summed E-state index contributed by atoms with van der Waals surface area (Å²) in [6.45, 7) is 17.2. The Labute approximate surface area is 101 Å². The first-order chi connectivity index (χ1) is 7.47. The van der Waals surface area contributed by atoms with Crippen LogP contribution in [0, 0.1) is 5.92 Å². The van der Waals surface area contributed by atoms with E-state index in [1.165, 1.54) is 0 Å². The first-order valence-corrected chi connectivity index (χ1v) is 6.21. The van der Waals surface area contributed by atoms with Gasteiger partial charge in [0, 0.05) is 6.04 Å². The van der Waals surface area contributed by atoms with Crippen LogP contribution in [0.25, 0.3) is 0 Å². The maximum atomic E-state index is 5.50. The molecule has 0 rings (SSSR count). The van der Waals surface area contributed by atoms with Gasteiger partial charge in [0.1, 0.15) is 0 Å². The van der Waals surface area contributed by atoms with Crippen molar-refractivity contribution in [2.45, 2.75) is 53.0 Å². The van der Waals surface area contributed by atoms with Gasteiger partial charge in [-0.1, -0.05) is 39.3 Å². The lowest BCUT2D eigenvalue weighted by Gasteiger charge is -2.23. The summed E-state index contributed by atoms with van der Waals surface area (Å²) < 4.78 is 5.50. The summed E-state index contributed by atoms with van der Waals surface area (Å²) in [6.07, 6.45) is 3.28. The van der Waals surface area contributed by atoms with E-state index in [-0.39, 0.29) is 6.04 Å². The summed E-state index contributed by atoms with van der Waals surface area (Å²) >= 11 is 0. The molecule has 0 heterocycles. The minimum atomic E-state index is 0.272. The molecular formula is C14H27NO. The smallest absolute Gasteiger partial charge is 0.179 e. The molecule has 1 atom stereocenters. The van der Waals surface area contributed by atoms with Crippen molar-refractivity contribution in [1.82, 2.24) is 5.32 Å². The van der Waals surface area contributed by atoms with E-state index >= 15 is 0 Å². The third-order valence-electron chi connectivity index (χ3n) is 2.41. The van der Waals surface area contributed by atoms with Crippen LogP contribution in [0.5, 0.6) is 0 Å². The van der Waals surface area contributed by atoms with Gasteiger partial charge in [-0.3, -0.25) is 0 Å². The van der Waals surface area contributed by atoms with Crippen molar-refractivity contribution in [3.8, 4) is 0 Å². The van der Waals surface area contributed by atoms with Crippen LogP contribution in [0.15, 0.2) is 24.6 Å². The van der Waals surface area contributed by atoms with Gasteiger partial charge in [0.15, 0.2) is 5.88 Å². The molecule has 0 fully saturated rings. The van der Waals surface area contributed by atoms with Crippen molar-refractivity contribution >= 4 is 0 Å². The summed E-state index contributed by atoms with van der Waals surface area (Å²) in [4.78, 5) is 0. The van der Waals surface area contributed by atoms with Crippen LogP contribution >= 0.6 is 0 Å². The predicted octanol–water partition coefficient (Wildman–Crippen LogP) is 3.85. The van der Waals surface area contributed by atoms with E-state index < -0.39 is 0 Å². The number of nitrogens with one attached hydrogen (secondary N) is 1. The van der Waals surface area contributed by atoms with Crippen molar-refractivity contribution in [2.75, 3.05) is 6.61 Å². The summed E-state index contributed by atoms with van der Waals surface area (Å²) in [5, 5.41) is 3.29. The van der Waals surface area contributed by atoms with E-state index in [9.17, 15) is 0 Å². The topological polar surface area (TPSA) is 21.3 Å². The molecule has 0 aliphatic rings. The highest BCUT2D eigenvalue weighted by atomic mass is 16.5. The number of ether oxygens (including phenoxy) is 1. The van der Waals surface area contributed by atoms with Gasteiger partial charge in [-0.05, 0) is 32.3 Å². The van der Waals surface area contributed by atoms with E-state index in [1.54, 1.807) is 0 Å². The summed E-state index contributed by atoms with van der Waals surface area (Å²) in [7, 11) is 0. The molecule has 0 aromatic rings. The van der Waals surface area contributed by atoms with Crippen molar-refractivity contribution < 1.29 is 4.74 Å². The van der Waals surface area contributed by atoms with E-state index in [4.69, 9.17) is 4.74 Å². The van der Waals surface area contributed by atoms with Gasteiger partial charge in [0.25, 0.3) is 0 Å². The second-order valence-corrected chi connectivity index (χ2v) is 4.80. The molecule has 0 amide bonds. The quantitative estimate of drug-likeness (QED) is 0.365. The van der Waals surface area contributed by atoms with Crippen LogP contribution in [0.2, 0.25) is 0 Å². The monoisotopic (exact) mass is 225 g/mol. The van der Waals surface area contributed by atoms with Crippen molar-refractivity contribution in [3.63, 3.8) is 0 Å².